The molecule has 0 aliphatic carbocycles. The minimum Gasteiger partial charge on any atom is -0.313 e. The molecule has 102 valence electrons. The van der Waals surface area contributed by atoms with Gasteiger partial charge < -0.3 is 5.32 Å². The highest BCUT2D eigenvalue weighted by Gasteiger charge is 2.12. The number of pyridine rings is 1. The van der Waals surface area contributed by atoms with Gasteiger partial charge >= 0.3 is 0 Å². The molecule has 19 heavy (non-hydrogen) atoms. The molecular formula is C15H21N3S. The maximum Gasteiger partial charge on any atom is 0.0943 e. The fourth-order valence-electron chi connectivity index (χ4n) is 2.08. The summed E-state index contributed by atoms with van der Waals surface area (Å²) in [4.78, 5) is 8.75. The van der Waals surface area contributed by atoms with Crippen molar-refractivity contribution in [2.24, 2.45) is 0 Å². The number of nitrogens with zero attached hydrogens (tertiary/aromatic N) is 2. The molecule has 1 unspecified atom stereocenters. The van der Waals surface area contributed by atoms with Crippen molar-refractivity contribution in [2.45, 2.75) is 39.2 Å². The summed E-state index contributed by atoms with van der Waals surface area (Å²) >= 11 is 1.76. The van der Waals surface area contributed by atoms with E-state index in [-0.39, 0.29) is 0 Å². The molecular weight excluding hydrogens is 254 g/mol. The van der Waals surface area contributed by atoms with Crippen LogP contribution >= 0.6 is 11.3 Å². The smallest absolute Gasteiger partial charge is 0.0943 e. The molecule has 0 amide bonds. The molecule has 0 saturated heterocycles. The van der Waals surface area contributed by atoms with E-state index >= 15 is 0 Å². The van der Waals surface area contributed by atoms with E-state index in [0.29, 0.717) is 6.04 Å². The standard InChI is InChI=1S/C15H21N3S/c1-3-6-17-14(8-13-5-4-7-16-10-13)9-15-18-12(2)11-19-15/h4-5,7,10-11,14,17H,3,6,8-9H2,1-2H3. The van der Waals surface area contributed by atoms with Gasteiger partial charge in [0.1, 0.15) is 0 Å². The van der Waals surface area contributed by atoms with Gasteiger partial charge in [-0.2, -0.15) is 0 Å². The molecule has 2 heterocycles. The Kier molecular flexibility index (Phi) is 5.48. The fourth-order valence-corrected chi connectivity index (χ4v) is 2.93. The van der Waals surface area contributed by atoms with Crippen LogP contribution in [0.4, 0.5) is 0 Å². The van der Waals surface area contributed by atoms with E-state index in [2.05, 4.69) is 40.6 Å². The van der Waals surface area contributed by atoms with Crippen LogP contribution in [0, 0.1) is 6.92 Å². The highest BCUT2D eigenvalue weighted by Crippen LogP contribution is 2.13. The van der Waals surface area contributed by atoms with E-state index < -0.39 is 0 Å². The van der Waals surface area contributed by atoms with Crippen molar-refractivity contribution in [3.63, 3.8) is 0 Å². The van der Waals surface area contributed by atoms with Gasteiger partial charge in [0.25, 0.3) is 0 Å². The van der Waals surface area contributed by atoms with Crippen molar-refractivity contribution in [2.75, 3.05) is 6.54 Å². The van der Waals surface area contributed by atoms with Gasteiger partial charge in [-0.05, 0) is 37.9 Å². The Morgan fingerprint density at radius 3 is 2.89 bits per heavy atom. The maximum absolute atomic E-state index is 4.56. The quantitative estimate of drug-likeness (QED) is 0.844. The minimum absolute atomic E-state index is 0.440. The third kappa shape index (κ3) is 4.73. The number of aryl methyl sites for hydroxylation is 1. The second-order valence-corrected chi connectivity index (χ2v) is 5.75. The van der Waals surface area contributed by atoms with E-state index in [9.17, 15) is 0 Å². The molecule has 4 heteroatoms. The number of rotatable bonds is 7. The van der Waals surface area contributed by atoms with Crippen LogP contribution in [0.2, 0.25) is 0 Å². The molecule has 0 saturated carbocycles. The first-order valence-corrected chi connectivity index (χ1v) is 7.69. The minimum atomic E-state index is 0.440. The van der Waals surface area contributed by atoms with E-state index in [1.54, 1.807) is 11.3 Å². The number of nitrogens with one attached hydrogen (secondary N) is 1. The van der Waals surface area contributed by atoms with Gasteiger partial charge in [0.05, 0.1) is 5.01 Å². The third-order valence-electron chi connectivity index (χ3n) is 2.98. The normalized spacial score (nSPS) is 12.5. The zero-order valence-electron chi connectivity index (χ0n) is 11.6. The van der Waals surface area contributed by atoms with Crippen LogP contribution in [0.1, 0.15) is 29.6 Å². The average molecular weight is 275 g/mol. The number of aromatic nitrogens is 2. The van der Waals surface area contributed by atoms with Crippen LogP contribution in [0.3, 0.4) is 0 Å². The molecule has 1 N–H and O–H groups in total. The zero-order chi connectivity index (χ0) is 13.5. The lowest BCUT2D eigenvalue weighted by molar-refractivity contribution is 0.503. The Morgan fingerprint density at radius 2 is 2.26 bits per heavy atom. The summed E-state index contributed by atoms with van der Waals surface area (Å²) in [6.45, 7) is 5.30. The largest absolute Gasteiger partial charge is 0.313 e. The molecule has 1 atom stereocenters. The summed E-state index contributed by atoms with van der Waals surface area (Å²) in [5, 5.41) is 6.95. The van der Waals surface area contributed by atoms with Crippen molar-refractivity contribution >= 4 is 11.3 Å². The Labute approximate surface area is 119 Å². The van der Waals surface area contributed by atoms with Crippen LogP contribution in [-0.2, 0) is 12.8 Å². The van der Waals surface area contributed by atoms with E-state index in [1.165, 1.54) is 10.6 Å². The van der Waals surface area contributed by atoms with Gasteiger partial charge in [0.15, 0.2) is 0 Å². The highest BCUT2D eigenvalue weighted by molar-refractivity contribution is 7.09. The molecule has 2 aromatic heterocycles. The first-order chi connectivity index (χ1) is 9.28. The van der Waals surface area contributed by atoms with Crippen LogP contribution in [-0.4, -0.2) is 22.6 Å². The second kappa shape index (κ2) is 7.36. The summed E-state index contributed by atoms with van der Waals surface area (Å²) in [5.74, 6) is 0. The van der Waals surface area contributed by atoms with Gasteiger partial charge in [-0.3, -0.25) is 4.98 Å². The first kappa shape index (κ1) is 14.2. The molecule has 0 aromatic carbocycles. The predicted octanol–water partition coefficient (Wildman–Crippen LogP) is 3.00. The summed E-state index contributed by atoms with van der Waals surface area (Å²) in [7, 11) is 0. The van der Waals surface area contributed by atoms with Crippen LogP contribution in [0.25, 0.3) is 0 Å². The van der Waals surface area contributed by atoms with E-state index in [1.807, 2.05) is 18.5 Å². The fraction of sp³-hybridized carbons (Fsp3) is 0.467. The number of hydrogen-bond acceptors (Lipinski definition) is 4. The Balaban J connectivity index is 1.99. The molecule has 0 spiro atoms. The SMILES string of the molecule is CCCNC(Cc1cccnc1)Cc1nc(C)cs1. The summed E-state index contributed by atoms with van der Waals surface area (Å²) < 4.78 is 0. The molecule has 0 radical (unpaired) electrons. The second-order valence-electron chi connectivity index (χ2n) is 4.80. The van der Waals surface area contributed by atoms with Crippen LogP contribution in [0.5, 0.6) is 0 Å². The molecule has 2 rings (SSSR count). The van der Waals surface area contributed by atoms with Crippen molar-refractivity contribution in [1.29, 1.82) is 0 Å². The molecule has 0 bridgehead atoms. The Hall–Kier alpha value is -1.26. The van der Waals surface area contributed by atoms with Gasteiger partial charge in [-0.1, -0.05) is 13.0 Å². The van der Waals surface area contributed by atoms with Gasteiger partial charge in [0.2, 0.25) is 0 Å². The Bertz CT molecular complexity index is 481. The van der Waals surface area contributed by atoms with Crippen molar-refractivity contribution in [3.8, 4) is 0 Å². The third-order valence-corrected chi connectivity index (χ3v) is 3.96. The highest BCUT2D eigenvalue weighted by atomic mass is 32.1. The predicted molar refractivity (Wildman–Crippen MR) is 80.6 cm³/mol. The molecule has 2 aromatic rings. The Morgan fingerprint density at radius 1 is 1.37 bits per heavy atom. The number of hydrogen-bond donors (Lipinski definition) is 1. The van der Waals surface area contributed by atoms with E-state index in [0.717, 1.165) is 31.5 Å². The first-order valence-electron chi connectivity index (χ1n) is 6.81. The lowest BCUT2D eigenvalue weighted by Gasteiger charge is -2.17. The maximum atomic E-state index is 4.56. The molecule has 0 fully saturated rings. The van der Waals surface area contributed by atoms with E-state index in [4.69, 9.17) is 0 Å². The van der Waals surface area contributed by atoms with Crippen LogP contribution < -0.4 is 5.32 Å². The summed E-state index contributed by atoms with van der Waals surface area (Å²) in [6.07, 6.45) is 6.93. The van der Waals surface area contributed by atoms with Crippen molar-refractivity contribution in [3.05, 3.63) is 46.2 Å². The molecule has 0 aliphatic rings. The zero-order valence-corrected chi connectivity index (χ0v) is 12.4. The van der Waals surface area contributed by atoms with Gasteiger partial charge in [-0.25, -0.2) is 4.98 Å². The molecule has 3 nitrogen and oxygen atoms in total. The van der Waals surface area contributed by atoms with Crippen molar-refractivity contribution < 1.29 is 0 Å². The summed E-state index contributed by atoms with van der Waals surface area (Å²) in [5.41, 5.74) is 2.40. The number of thiazole rings is 1. The summed E-state index contributed by atoms with van der Waals surface area (Å²) in [6, 6.07) is 4.58. The van der Waals surface area contributed by atoms with Gasteiger partial charge in [0, 0.05) is 35.9 Å². The van der Waals surface area contributed by atoms with Gasteiger partial charge in [-0.15, -0.1) is 11.3 Å². The average Bonchev–Trinajstić information content (AvgIpc) is 2.82. The topological polar surface area (TPSA) is 37.8 Å². The lowest BCUT2D eigenvalue weighted by atomic mass is 10.1. The lowest BCUT2D eigenvalue weighted by Crippen LogP contribution is -2.33. The van der Waals surface area contributed by atoms with Crippen molar-refractivity contribution in [1.82, 2.24) is 15.3 Å². The monoisotopic (exact) mass is 275 g/mol. The van der Waals surface area contributed by atoms with Crippen LogP contribution in [0.15, 0.2) is 29.9 Å². The molecule has 0 aliphatic heterocycles.